The van der Waals surface area contributed by atoms with Crippen molar-refractivity contribution in [2.24, 2.45) is 5.92 Å². The topological polar surface area (TPSA) is 156 Å². The third-order valence-corrected chi connectivity index (χ3v) is 10.3. The Morgan fingerprint density at radius 2 is 1.74 bits per heavy atom. The largest absolute Gasteiger partial charge is 0.456 e. The molecule has 1 saturated carbocycles. The van der Waals surface area contributed by atoms with Crippen LogP contribution in [0.15, 0.2) is 42.0 Å². The second-order valence-electron chi connectivity index (χ2n) is 14.3. The minimum atomic E-state index is -1.25. The highest BCUT2D eigenvalue weighted by Gasteiger charge is 2.52. The Labute approximate surface area is 296 Å². The van der Waals surface area contributed by atoms with Crippen molar-refractivity contribution in [1.29, 1.82) is 0 Å². The Hall–Kier alpha value is -3.09. The summed E-state index contributed by atoms with van der Waals surface area (Å²) in [6, 6.07) is 6.04. The molecule has 8 atom stereocenters. The minimum Gasteiger partial charge on any atom is -0.456 e. The summed E-state index contributed by atoms with van der Waals surface area (Å²) in [6.45, 7) is 5.40. The van der Waals surface area contributed by atoms with Crippen molar-refractivity contribution in [2.45, 2.75) is 146 Å². The van der Waals surface area contributed by atoms with E-state index in [1.807, 2.05) is 12.1 Å². The second-order valence-corrected chi connectivity index (χ2v) is 14.3. The molecule has 0 spiro atoms. The molecule has 2 heterocycles. The fourth-order valence-corrected chi connectivity index (χ4v) is 7.32. The van der Waals surface area contributed by atoms with Gasteiger partial charge >= 0.3 is 5.97 Å². The van der Waals surface area contributed by atoms with E-state index in [9.17, 15) is 19.5 Å². The number of nitrogens with one attached hydrogen (secondary N) is 2. The molecule has 276 valence electrons. The van der Waals surface area contributed by atoms with Crippen LogP contribution in [0.25, 0.3) is 6.08 Å². The lowest BCUT2D eigenvalue weighted by Crippen LogP contribution is -2.54. The molecule has 2 aliphatic carbocycles. The average molecular weight is 697 g/mol. The van der Waals surface area contributed by atoms with E-state index in [-0.39, 0.29) is 25.1 Å². The van der Waals surface area contributed by atoms with Crippen molar-refractivity contribution in [3.8, 4) is 0 Å². The number of hydrogen-bond acceptors (Lipinski definition) is 9. The first-order valence-electron chi connectivity index (χ1n) is 18.7. The van der Waals surface area contributed by atoms with Crippen LogP contribution < -0.4 is 10.6 Å². The van der Waals surface area contributed by atoms with Crippen LogP contribution in [0.1, 0.15) is 114 Å². The molecule has 4 N–H and O–H groups in total. The molecule has 0 radical (unpaired) electrons. The third kappa shape index (κ3) is 10.0. The Bertz CT molecular complexity index is 1350. The smallest absolute Gasteiger partial charge is 0.338 e. The van der Waals surface area contributed by atoms with E-state index in [1.165, 1.54) is 6.92 Å². The van der Waals surface area contributed by atoms with Gasteiger partial charge in [-0.05, 0) is 68.7 Å². The summed E-state index contributed by atoms with van der Waals surface area (Å²) < 4.78 is 25.2. The van der Waals surface area contributed by atoms with Crippen molar-refractivity contribution in [3.63, 3.8) is 0 Å². The maximum atomic E-state index is 13.6. The first kappa shape index (κ1) is 38.1. The van der Waals surface area contributed by atoms with Crippen LogP contribution in [0.3, 0.4) is 0 Å². The molecule has 1 aromatic rings. The van der Waals surface area contributed by atoms with Crippen LogP contribution in [0.4, 0.5) is 0 Å². The molecule has 8 unspecified atom stereocenters. The van der Waals surface area contributed by atoms with E-state index < -0.39 is 54.0 Å². The monoisotopic (exact) mass is 696 g/mol. The summed E-state index contributed by atoms with van der Waals surface area (Å²) in [5, 5.41) is 24.5. The van der Waals surface area contributed by atoms with Crippen LogP contribution >= 0.6 is 0 Å². The van der Waals surface area contributed by atoms with Gasteiger partial charge in [0.05, 0.1) is 30.5 Å². The highest BCUT2D eigenvalue weighted by molar-refractivity contribution is 5.97. The maximum absolute atomic E-state index is 13.6. The van der Waals surface area contributed by atoms with Gasteiger partial charge in [-0.2, -0.15) is 0 Å². The highest BCUT2D eigenvalue weighted by atomic mass is 16.8. The zero-order valence-corrected chi connectivity index (χ0v) is 29.8. The minimum absolute atomic E-state index is 0.0141. The van der Waals surface area contributed by atoms with Crippen molar-refractivity contribution in [2.75, 3.05) is 13.2 Å². The van der Waals surface area contributed by atoms with E-state index >= 15 is 0 Å². The van der Waals surface area contributed by atoms with Crippen molar-refractivity contribution in [1.82, 2.24) is 10.6 Å². The number of aliphatic hydroxyl groups excluding tert-OH is 2. The molecule has 0 aromatic heterocycles. The zero-order chi connectivity index (χ0) is 35.7. The van der Waals surface area contributed by atoms with E-state index in [2.05, 4.69) is 36.6 Å². The van der Waals surface area contributed by atoms with Crippen molar-refractivity contribution >= 4 is 23.9 Å². The number of benzene rings is 1. The van der Waals surface area contributed by atoms with Gasteiger partial charge in [-0.3, -0.25) is 9.59 Å². The van der Waals surface area contributed by atoms with E-state index in [0.717, 1.165) is 63.4 Å². The van der Waals surface area contributed by atoms with Gasteiger partial charge in [0.25, 0.3) is 0 Å². The number of epoxide rings is 1. The summed E-state index contributed by atoms with van der Waals surface area (Å²) in [6.07, 6.45) is 14.3. The first-order valence-corrected chi connectivity index (χ1v) is 18.7. The van der Waals surface area contributed by atoms with Crippen LogP contribution in [-0.4, -0.2) is 89.6 Å². The number of aliphatic hydroxyl groups is 2. The lowest BCUT2D eigenvalue weighted by Gasteiger charge is -2.31. The molecule has 2 saturated heterocycles. The number of fused-ring (bicyclic) bond motifs is 2. The van der Waals surface area contributed by atoms with Gasteiger partial charge in [0, 0.05) is 31.4 Å². The number of ether oxygens (including phenoxy) is 4. The van der Waals surface area contributed by atoms with Gasteiger partial charge in [0.1, 0.15) is 24.4 Å². The lowest BCUT2D eigenvalue weighted by molar-refractivity contribution is -0.190. The van der Waals surface area contributed by atoms with Crippen LogP contribution in [0.5, 0.6) is 0 Å². The van der Waals surface area contributed by atoms with E-state index in [0.29, 0.717) is 36.5 Å². The van der Waals surface area contributed by atoms with E-state index in [4.69, 9.17) is 24.1 Å². The predicted molar refractivity (Wildman–Crippen MR) is 188 cm³/mol. The number of esters is 1. The lowest BCUT2D eigenvalue weighted by atomic mass is 9.89. The van der Waals surface area contributed by atoms with Gasteiger partial charge in [0.15, 0.2) is 5.79 Å². The number of carbonyl (C=O) groups is 3. The van der Waals surface area contributed by atoms with Crippen LogP contribution in [0.2, 0.25) is 0 Å². The summed E-state index contributed by atoms with van der Waals surface area (Å²) >= 11 is 0. The molecule has 3 fully saturated rings. The fourth-order valence-electron chi connectivity index (χ4n) is 7.32. The molecule has 5 rings (SSSR count). The second kappa shape index (κ2) is 17.9. The molecule has 1 aromatic carbocycles. The first-order chi connectivity index (χ1) is 24.1. The van der Waals surface area contributed by atoms with Gasteiger partial charge < -0.3 is 39.8 Å². The number of unbranched alkanes of at least 4 members (excludes halogenated alkanes) is 4. The third-order valence-electron chi connectivity index (χ3n) is 10.3. The SMILES string of the molecule is CCCCCC1(CCCCC)OC2C=C(C(=O)NC(C(=O)NCCO)C(C)O)CC(OC(=O)c3ccc(C=CC4CCC5OC5C4)cc3)C2O1. The number of hydrogen-bond donors (Lipinski definition) is 4. The Balaban J connectivity index is 1.32. The molecular formula is C39H56N2O9. The Kier molecular flexibility index (Phi) is 13.7. The molecule has 4 aliphatic rings. The normalized spacial score (nSPS) is 27.8. The van der Waals surface area contributed by atoms with Gasteiger partial charge in [-0.15, -0.1) is 0 Å². The van der Waals surface area contributed by atoms with Gasteiger partial charge in [0.2, 0.25) is 11.8 Å². The van der Waals surface area contributed by atoms with Crippen LogP contribution in [0, 0.1) is 5.92 Å². The number of rotatable bonds is 18. The van der Waals surface area contributed by atoms with Gasteiger partial charge in [-0.1, -0.05) is 63.8 Å². The quantitative estimate of drug-likeness (QED) is 0.0968. The predicted octanol–water partition coefficient (Wildman–Crippen LogP) is 4.74. The molecule has 0 bridgehead atoms. The van der Waals surface area contributed by atoms with Crippen molar-refractivity contribution in [3.05, 3.63) is 53.1 Å². The Morgan fingerprint density at radius 3 is 2.38 bits per heavy atom. The highest BCUT2D eigenvalue weighted by Crippen LogP contribution is 2.43. The number of allylic oxidation sites excluding steroid dienone is 1. The zero-order valence-electron chi connectivity index (χ0n) is 29.8. The summed E-state index contributed by atoms with van der Waals surface area (Å²) in [5.74, 6) is -2.09. The molecule has 11 nitrogen and oxygen atoms in total. The summed E-state index contributed by atoms with van der Waals surface area (Å²) in [7, 11) is 0. The molecule has 11 heteroatoms. The number of amides is 2. The maximum Gasteiger partial charge on any atom is 0.338 e. The Morgan fingerprint density at radius 1 is 1.02 bits per heavy atom. The summed E-state index contributed by atoms with van der Waals surface area (Å²) in [4.78, 5) is 39.9. The van der Waals surface area contributed by atoms with Gasteiger partial charge in [-0.25, -0.2) is 4.79 Å². The summed E-state index contributed by atoms with van der Waals surface area (Å²) in [5.41, 5.74) is 1.65. The molecule has 50 heavy (non-hydrogen) atoms. The number of carbonyl (C=O) groups excluding carboxylic acids is 3. The molecule has 2 amide bonds. The average Bonchev–Trinajstić information content (AvgIpc) is 3.79. The fraction of sp³-hybridized carbons (Fsp3) is 0.667. The van der Waals surface area contributed by atoms with E-state index in [1.54, 1.807) is 18.2 Å². The molecule has 2 aliphatic heterocycles. The molecular weight excluding hydrogens is 640 g/mol. The standard InChI is InChI=1S/C39H56N2O9/c1-4-6-8-18-39(19-9-7-5-2)49-33-24-29(36(44)41-34(25(3)43)37(45)40-20-21-42)23-32(35(33)50-39)48-38(46)28-15-12-26(13-16-28)10-11-27-14-17-30-31(22-27)47-30/h10-13,15-16,24-25,27,30-35,42-43H,4-9,14,17-23H2,1-3H3,(H,40,45)(H,41,44). The van der Waals surface area contributed by atoms with Crippen molar-refractivity contribution < 1.29 is 43.5 Å². The van der Waals surface area contributed by atoms with Crippen LogP contribution in [-0.2, 0) is 28.5 Å².